The van der Waals surface area contributed by atoms with Crippen molar-refractivity contribution in [3.63, 3.8) is 0 Å². The quantitative estimate of drug-likeness (QED) is 0.339. The van der Waals surface area contributed by atoms with Gasteiger partial charge in [-0.15, -0.1) is 0 Å². The Bertz CT molecular complexity index is 981. The molecule has 6 heteroatoms. The minimum atomic E-state index is -0.281. The second-order valence-corrected chi connectivity index (χ2v) is 6.67. The van der Waals surface area contributed by atoms with E-state index >= 15 is 0 Å². The van der Waals surface area contributed by atoms with Gasteiger partial charge in [-0.25, -0.2) is 5.43 Å². The van der Waals surface area contributed by atoms with Gasteiger partial charge in [0, 0.05) is 5.56 Å². The van der Waals surface area contributed by atoms with Crippen molar-refractivity contribution < 1.29 is 14.6 Å². The average Bonchev–Trinajstić information content (AvgIpc) is 2.65. The second kappa shape index (κ2) is 8.18. The van der Waals surface area contributed by atoms with Crippen LogP contribution in [0.25, 0.3) is 10.8 Å². The number of ether oxygens (including phenoxy) is 1. The number of nitrogens with one attached hydrogen (secondary N) is 1. The van der Waals surface area contributed by atoms with Crippen molar-refractivity contribution in [2.24, 2.45) is 5.10 Å². The Morgan fingerprint density at radius 1 is 1.23 bits per heavy atom. The summed E-state index contributed by atoms with van der Waals surface area (Å²) in [6.07, 6.45) is 1.52. The molecule has 0 unspecified atom stereocenters. The van der Waals surface area contributed by atoms with Crippen molar-refractivity contribution >= 4 is 45.5 Å². The maximum atomic E-state index is 12.4. The molecule has 0 spiro atoms. The zero-order chi connectivity index (χ0) is 18.5. The highest BCUT2D eigenvalue weighted by Crippen LogP contribution is 2.32. The van der Waals surface area contributed by atoms with E-state index in [0.717, 1.165) is 10.8 Å². The maximum Gasteiger partial charge on any atom is 0.271 e. The Morgan fingerprint density at radius 2 is 2.00 bits per heavy atom. The van der Waals surface area contributed by atoms with E-state index in [1.54, 1.807) is 18.2 Å². The molecule has 0 aliphatic heterocycles. The van der Waals surface area contributed by atoms with Crippen LogP contribution in [0.2, 0.25) is 0 Å². The molecule has 1 amide bonds. The van der Waals surface area contributed by atoms with Gasteiger partial charge in [-0.05, 0) is 64.0 Å². The first-order valence-corrected chi connectivity index (χ1v) is 9.14. The summed E-state index contributed by atoms with van der Waals surface area (Å²) in [6, 6.07) is 16.7. The molecule has 0 saturated carbocycles. The first-order chi connectivity index (χ1) is 12.6. The molecule has 0 heterocycles. The highest BCUT2D eigenvalue weighted by molar-refractivity contribution is 14.1. The van der Waals surface area contributed by atoms with Crippen molar-refractivity contribution in [1.82, 2.24) is 5.43 Å². The van der Waals surface area contributed by atoms with Crippen LogP contribution in [0.3, 0.4) is 0 Å². The first-order valence-electron chi connectivity index (χ1n) is 8.06. The van der Waals surface area contributed by atoms with Crippen LogP contribution in [-0.2, 0) is 0 Å². The number of hydrazone groups is 1. The molecule has 0 fully saturated rings. The molecule has 132 valence electrons. The van der Waals surface area contributed by atoms with Crippen molar-refractivity contribution in [2.75, 3.05) is 6.61 Å². The fraction of sp³-hybridized carbons (Fsp3) is 0.100. The number of carbonyl (C=O) groups is 1. The third-order valence-electron chi connectivity index (χ3n) is 3.76. The lowest BCUT2D eigenvalue weighted by Gasteiger charge is -2.08. The molecule has 0 bridgehead atoms. The highest BCUT2D eigenvalue weighted by atomic mass is 127. The number of rotatable bonds is 5. The van der Waals surface area contributed by atoms with Crippen molar-refractivity contribution in [1.29, 1.82) is 0 Å². The van der Waals surface area contributed by atoms with E-state index in [1.165, 1.54) is 6.21 Å². The summed E-state index contributed by atoms with van der Waals surface area (Å²) < 4.78 is 6.05. The van der Waals surface area contributed by atoms with E-state index < -0.39 is 0 Å². The molecule has 3 rings (SSSR count). The highest BCUT2D eigenvalue weighted by Gasteiger charge is 2.10. The zero-order valence-electron chi connectivity index (χ0n) is 14.1. The van der Waals surface area contributed by atoms with Crippen LogP contribution in [-0.4, -0.2) is 23.8 Å². The molecule has 0 aliphatic rings. The van der Waals surface area contributed by atoms with Crippen LogP contribution >= 0.6 is 22.6 Å². The summed E-state index contributed by atoms with van der Waals surface area (Å²) in [6.45, 7) is 2.29. The first kappa shape index (κ1) is 18.2. The number of carbonyl (C=O) groups excluding carboxylic acids is 1. The van der Waals surface area contributed by atoms with Gasteiger partial charge in [-0.2, -0.15) is 5.10 Å². The summed E-state index contributed by atoms with van der Waals surface area (Å²) in [5.41, 5.74) is 3.83. The van der Waals surface area contributed by atoms with E-state index in [4.69, 9.17) is 4.74 Å². The van der Waals surface area contributed by atoms with Gasteiger partial charge >= 0.3 is 0 Å². The lowest BCUT2D eigenvalue weighted by molar-refractivity contribution is 0.0957. The summed E-state index contributed by atoms with van der Waals surface area (Å²) in [5.74, 6) is 0.210. The van der Waals surface area contributed by atoms with E-state index in [0.29, 0.717) is 27.1 Å². The van der Waals surface area contributed by atoms with Gasteiger partial charge in [0.05, 0.1) is 16.4 Å². The van der Waals surface area contributed by atoms with Gasteiger partial charge in [-0.3, -0.25) is 4.79 Å². The van der Waals surface area contributed by atoms with Crippen LogP contribution in [0.4, 0.5) is 0 Å². The number of hydrogen-bond acceptors (Lipinski definition) is 4. The van der Waals surface area contributed by atoms with Crippen molar-refractivity contribution in [3.8, 4) is 11.5 Å². The molecule has 0 radical (unpaired) electrons. The van der Waals surface area contributed by atoms with E-state index in [-0.39, 0.29) is 11.7 Å². The fourth-order valence-electron chi connectivity index (χ4n) is 2.58. The minimum Gasteiger partial charge on any atom is -0.504 e. The summed E-state index contributed by atoms with van der Waals surface area (Å²) in [7, 11) is 0. The van der Waals surface area contributed by atoms with Gasteiger partial charge < -0.3 is 9.84 Å². The lowest BCUT2D eigenvalue weighted by atomic mass is 10.0. The average molecular weight is 460 g/mol. The molecule has 3 aromatic carbocycles. The Kier molecular flexibility index (Phi) is 5.72. The predicted octanol–water partition coefficient (Wildman–Crippen LogP) is 4.31. The Labute approximate surface area is 164 Å². The van der Waals surface area contributed by atoms with Gasteiger partial charge in [0.1, 0.15) is 0 Å². The van der Waals surface area contributed by atoms with Crippen LogP contribution in [0, 0.1) is 3.57 Å². The number of phenolic OH excluding ortho intramolecular Hbond substituents is 1. The van der Waals surface area contributed by atoms with E-state index in [2.05, 4.69) is 10.5 Å². The molecule has 0 atom stereocenters. The number of amides is 1. The Hall–Kier alpha value is -2.61. The summed E-state index contributed by atoms with van der Waals surface area (Å²) >= 11 is 2.02. The largest absolute Gasteiger partial charge is 0.504 e. The van der Waals surface area contributed by atoms with Gasteiger partial charge in [-0.1, -0.05) is 36.4 Å². The van der Waals surface area contributed by atoms with Crippen molar-refractivity contribution in [2.45, 2.75) is 6.92 Å². The normalized spacial score (nSPS) is 11.0. The van der Waals surface area contributed by atoms with Crippen molar-refractivity contribution in [3.05, 3.63) is 69.3 Å². The third kappa shape index (κ3) is 3.96. The molecule has 2 N–H and O–H groups in total. The molecular weight excluding hydrogens is 443 g/mol. The number of nitrogens with zero attached hydrogens (tertiary/aromatic N) is 1. The minimum absolute atomic E-state index is 0.101. The van der Waals surface area contributed by atoms with E-state index in [9.17, 15) is 9.90 Å². The second-order valence-electron chi connectivity index (χ2n) is 5.51. The topological polar surface area (TPSA) is 70.9 Å². The molecule has 0 aromatic heterocycles. The number of halogens is 1. The molecule has 5 nitrogen and oxygen atoms in total. The molecule has 0 aliphatic carbocycles. The van der Waals surface area contributed by atoms with Gasteiger partial charge in [0.25, 0.3) is 5.91 Å². The molecule has 0 saturated heterocycles. The maximum absolute atomic E-state index is 12.4. The van der Waals surface area contributed by atoms with E-state index in [1.807, 2.05) is 65.9 Å². The number of fused-ring (bicyclic) bond motifs is 1. The molecular formula is C20H17IN2O3. The van der Waals surface area contributed by atoms with Crippen LogP contribution < -0.4 is 10.2 Å². The summed E-state index contributed by atoms with van der Waals surface area (Å²) in [5, 5.41) is 15.9. The number of phenols is 1. The Morgan fingerprint density at radius 3 is 2.81 bits per heavy atom. The predicted molar refractivity (Wildman–Crippen MR) is 111 cm³/mol. The Balaban J connectivity index is 1.79. The monoisotopic (exact) mass is 460 g/mol. The molecule has 3 aromatic rings. The lowest BCUT2D eigenvalue weighted by Crippen LogP contribution is -2.17. The number of aromatic hydroxyl groups is 1. The SMILES string of the molecule is CCOc1cc(/C=N\NC(=O)c2cccc3ccccc23)cc(I)c1O. The standard InChI is InChI=1S/C20H17IN2O3/c1-2-26-18-11-13(10-17(21)19(18)24)12-22-23-20(25)16-9-5-7-14-6-3-4-8-15(14)16/h3-12,24H,2H2,1H3,(H,23,25)/b22-12-. The van der Waals surface area contributed by atoms with Crippen LogP contribution in [0.5, 0.6) is 11.5 Å². The van der Waals surface area contributed by atoms with Crippen LogP contribution in [0.1, 0.15) is 22.8 Å². The fourth-order valence-corrected chi connectivity index (χ4v) is 3.21. The number of hydrogen-bond donors (Lipinski definition) is 2. The van der Waals surface area contributed by atoms with Gasteiger partial charge in [0.15, 0.2) is 11.5 Å². The zero-order valence-corrected chi connectivity index (χ0v) is 16.2. The van der Waals surface area contributed by atoms with Gasteiger partial charge in [0.2, 0.25) is 0 Å². The molecule has 26 heavy (non-hydrogen) atoms. The smallest absolute Gasteiger partial charge is 0.271 e. The third-order valence-corrected chi connectivity index (χ3v) is 4.59. The number of benzene rings is 3. The summed E-state index contributed by atoms with van der Waals surface area (Å²) in [4.78, 5) is 12.4. The van der Waals surface area contributed by atoms with Crippen LogP contribution in [0.15, 0.2) is 59.7 Å².